The molecule has 1 saturated heterocycles. The zero-order valence-corrected chi connectivity index (χ0v) is 22.2. The molecule has 7 heteroatoms. The van der Waals surface area contributed by atoms with Gasteiger partial charge in [-0.25, -0.2) is 4.79 Å². The molecule has 8 atom stereocenters. The molecule has 1 N–H and O–H groups in total. The van der Waals surface area contributed by atoms with E-state index >= 15 is 0 Å². The van der Waals surface area contributed by atoms with Crippen LogP contribution in [0.1, 0.15) is 58.5 Å². The van der Waals surface area contributed by atoms with E-state index in [9.17, 15) is 14.7 Å². The summed E-state index contributed by atoms with van der Waals surface area (Å²) in [6, 6.07) is 3.46. The number of aliphatic hydroxyl groups is 1. The van der Waals surface area contributed by atoms with Gasteiger partial charge in [-0.05, 0) is 73.6 Å². The number of nitrogens with zero attached hydrogens (tertiary/aromatic N) is 1. The summed E-state index contributed by atoms with van der Waals surface area (Å²) < 4.78 is 20.3. The van der Waals surface area contributed by atoms with Crippen molar-refractivity contribution < 1.29 is 28.9 Å². The summed E-state index contributed by atoms with van der Waals surface area (Å²) >= 11 is 0. The number of carbonyl (C=O) groups is 2. The molecule has 0 unspecified atom stereocenters. The second-order valence-corrected chi connectivity index (χ2v) is 12.8. The van der Waals surface area contributed by atoms with Crippen molar-refractivity contribution >= 4 is 11.8 Å². The molecular weight excluding hydrogens is 458 g/mol. The first-order chi connectivity index (χ1) is 16.8. The Morgan fingerprint density at radius 1 is 1.25 bits per heavy atom. The Hall–Kier alpha value is -2.22. The van der Waals surface area contributed by atoms with E-state index in [-0.39, 0.29) is 35.6 Å². The second-order valence-electron chi connectivity index (χ2n) is 12.8. The number of hydrogen-bond donors (Lipinski definition) is 1. The number of aromatic nitrogens is 1. The molecule has 36 heavy (non-hydrogen) atoms. The maximum Gasteiger partial charge on any atom is 0.355 e. The van der Waals surface area contributed by atoms with E-state index in [4.69, 9.17) is 14.2 Å². The summed E-state index contributed by atoms with van der Waals surface area (Å²) in [5.74, 6) is -1.41. The number of allylic oxidation sites excluding steroid dienone is 1. The highest BCUT2D eigenvalue weighted by Gasteiger charge is 2.77. The van der Waals surface area contributed by atoms with E-state index in [1.54, 1.807) is 29.9 Å². The molecule has 1 aromatic heterocycles. The van der Waals surface area contributed by atoms with E-state index < -0.39 is 35.0 Å². The standard InChI is InChI=1S/C29H37NO6/c1-15-13-28-16(2)11-19-21(26(19,3)4)18(22(28)31)12-17-14-34-27(5,6)36-24(17)29(28,33)23(15)35-25(32)20-9-8-10-30(20)7/h8-10,12-13,16,18-19,21,23-24,33H,11,14H2,1-7H3/t16-,18+,19-,21+,23+,24-,28+,29-/m1/s1. The topological polar surface area (TPSA) is 87.0 Å². The molecule has 5 aliphatic rings. The molecule has 0 amide bonds. The first-order valence-electron chi connectivity index (χ1n) is 13.1. The van der Waals surface area contributed by atoms with Gasteiger partial charge < -0.3 is 23.9 Å². The molecule has 1 spiro atoms. The molecule has 3 fully saturated rings. The van der Waals surface area contributed by atoms with Crippen molar-refractivity contribution in [2.24, 2.45) is 41.5 Å². The second kappa shape index (κ2) is 7.21. The lowest BCUT2D eigenvalue weighted by Crippen LogP contribution is -2.68. The lowest BCUT2D eigenvalue weighted by Gasteiger charge is -2.52. The lowest BCUT2D eigenvalue weighted by molar-refractivity contribution is -0.302. The van der Waals surface area contributed by atoms with Crippen LogP contribution in [0, 0.1) is 34.5 Å². The predicted molar refractivity (Wildman–Crippen MR) is 132 cm³/mol. The maximum absolute atomic E-state index is 14.7. The van der Waals surface area contributed by atoms with E-state index in [2.05, 4.69) is 20.8 Å². The highest BCUT2D eigenvalue weighted by Crippen LogP contribution is 2.72. The molecule has 0 aromatic carbocycles. The van der Waals surface area contributed by atoms with Gasteiger partial charge in [0, 0.05) is 19.2 Å². The molecule has 2 heterocycles. The van der Waals surface area contributed by atoms with Gasteiger partial charge in [0.1, 0.15) is 11.8 Å². The Labute approximate surface area is 212 Å². The van der Waals surface area contributed by atoms with Gasteiger partial charge in [-0.15, -0.1) is 0 Å². The van der Waals surface area contributed by atoms with Gasteiger partial charge in [-0.1, -0.05) is 32.9 Å². The summed E-state index contributed by atoms with van der Waals surface area (Å²) in [4.78, 5) is 28.0. The Morgan fingerprint density at radius 2 is 1.97 bits per heavy atom. The van der Waals surface area contributed by atoms with Crippen LogP contribution in [0.15, 0.2) is 41.6 Å². The molecule has 7 nitrogen and oxygen atoms in total. The van der Waals surface area contributed by atoms with Gasteiger partial charge in [0.05, 0.1) is 12.0 Å². The zero-order chi connectivity index (χ0) is 26.0. The Balaban J connectivity index is 1.53. The fraction of sp³-hybridized carbons (Fsp3) is 0.655. The highest BCUT2D eigenvalue weighted by molar-refractivity contribution is 5.96. The van der Waals surface area contributed by atoms with Crippen LogP contribution in [0.3, 0.4) is 0 Å². The van der Waals surface area contributed by atoms with Crippen LogP contribution in [0.2, 0.25) is 0 Å². The summed E-state index contributed by atoms with van der Waals surface area (Å²) in [5.41, 5.74) is -1.15. The van der Waals surface area contributed by atoms with Crippen LogP contribution < -0.4 is 0 Å². The van der Waals surface area contributed by atoms with Crippen LogP contribution >= 0.6 is 0 Å². The normalized spacial score (nSPS) is 43.7. The van der Waals surface area contributed by atoms with Gasteiger partial charge in [-0.2, -0.15) is 0 Å². The minimum Gasteiger partial charge on any atom is -0.450 e. The summed E-state index contributed by atoms with van der Waals surface area (Å²) in [6.07, 6.45) is 4.64. The SMILES string of the molecule is CC1=C[C@]23C(=O)[C@@H](C=C4COC(C)(C)O[C@H]4[C@]2(O)[C@H]1OC(=O)c1cccn1C)[C@H]1[C@@H](C[C@H]3C)C1(C)C. The van der Waals surface area contributed by atoms with Crippen LogP contribution in [0.5, 0.6) is 0 Å². The maximum atomic E-state index is 14.7. The van der Waals surface area contributed by atoms with Crippen LogP contribution in [0.25, 0.3) is 0 Å². The molecule has 2 bridgehead atoms. The van der Waals surface area contributed by atoms with Gasteiger partial charge in [-0.3, -0.25) is 4.79 Å². The van der Waals surface area contributed by atoms with E-state index in [0.29, 0.717) is 17.2 Å². The summed E-state index contributed by atoms with van der Waals surface area (Å²) in [6.45, 7) is 12.3. The van der Waals surface area contributed by atoms with Gasteiger partial charge in [0.15, 0.2) is 23.3 Å². The molecule has 4 aliphatic carbocycles. The largest absolute Gasteiger partial charge is 0.450 e. The molecule has 0 radical (unpaired) electrons. The quantitative estimate of drug-likeness (QED) is 0.496. The van der Waals surface area contributed by atoms with Crippen LogP contribution in [-0.4, -0.2) is 51.6 Å². The van der Waals surface area contributed by atoms with Crippen molar-refractivity contribution in [3.8, 4) is 0 Å². The minimum absolute atomic E-state index is 0.00986. The minimum atomic E-state index is -1.79. The van der Waals surface area contributed by atoms with Crippen molar-refractivity contribution in [1.82, 2.24) is 4.57 Å². The van der Waals surface area contributed by atoms with Crippen molar-refractivity contribution in [3.63, 3.8) is 0 Å². The Kier molecular flexibility index (Phi) is 4.83. The molecule has 2 saturated carbocycles. The number of ether oxygens (including phenoxy) is 3. The first kappa shape index (κ1) is 24.1. The third-order valence-corrected chi connectivity index (χ3v) is 10.0. The lowest BCUT2D eigenvalue weighted by atomic mass is 9.59. The fourth-order valence-electron chi connectivity index (χ4n) is 8.14. The number of aryl methyl sites for hydroxylation is 1. The number of esters is 1. The van der Waals surface area contributed by atoms with Crippen molar-refractivity contribution in [3.05, 3.63) is 47.3 Å². The van der Waals surface area contributed by atoms with Crippen molar-refractivity contribution in [2.45, 2.75) is 71.6 Å². The molecule has 194 valence electrons. The summed E-state index contributed by atoms with van der Waals surface area (Å²) in [5, 5.41) is 13.0. The van der Waals surface area contributed by atoms with E-state index in [1.807, 2.05) is 32.9 Å². The first-order valence-corrected chi connectivity index (χ1v) is 13.1. The zero-order valence-electron chi connectivity index (χ0n) is 22.2. The Morgan fingerprint density at radius 3 is 2.64 bits per heavy atom. The number of rotatable bonds is 2. The number of ketones is 1. The smallest absolute Gasteiger partial charge is 0.355 e. The highest BCUT2D eigenvalue weighted by atomic mass is 16.7. The predicted octanol–water partition coefficient (Wildman–Crippen LogP) is 3.82. The third kappa shape index (κ3) is 2.85. The average Bonchev–Trinajstić information content (AvgIpc) is 3.05. The van der Waals surface area contributed by atoms with Crippen molar-refractivity contribution in [2.75, 3.05) is 6.61 Å². The number of carbonyl (C=O) groups excluding carboxylic acids is 2. The number of Topliss-reactive ketones (excluding diaryl/α,β-unsaturated/α-hetero) is 1. The Bertz CT molecular complexity index is 1220. The third-order valence-electron chi connectivity index (χ3n) is 10.0. The van der Waals surface area contributed by atoms with E-state index in [1.165, 1.54) is 0 Å². The van der Waals surface area contributed by atoms with Crippen LogP contribution in [-0.2, 0) is 26.1 Å². The number of fused-ring (bicyclic) bond motifs is 5. The van der Waals surface area contributed by atoms with Gasteiger partial charge in [0.2, 0.25) is 0 Å². The molecular formula is C29H37NO6. The van der Waals surface area contributed by atoms with E-state index in [0.717, 1.165) is 12.0 Å². The molecule has 1 aliphatic heterocycles. The number of hydrogen-bond acceptors (Lipinski definition) is 6. The molecule has 6 rings (SSSR count). The monoisotopic (exact) mass is 495 g/mol. The van der Waals surface area contributed by atoms with Gasteiger partial charge >= 0.3 is 5.97 Å². The van der Waals surface area contributed by atoms with Crippen LogP contribution in [0.4, 0.5) is 0 Å². The average molecular weight is 496 g/mol. The van der Waals surface area contributed by atoms with Crippen molar-refractivity contribution in [1.29, 1.82) is 0 Å². The molecule has 1 aromatic rings. The van der Waals surface area contributed by atoms with Gasteiger partial charge in [0.25, 0.3) is 0 Å². The summed E-state index contributed by atoms with van der Waals surface area (Å²) in [7, 11) is 1.77. The fourth-order valence-corrected chi connectivity index (χ4v) is 8.14.